The predicted octanol–water partition coefficient (Wildman–Crippen LogP) is 1.26. The van der Waals surface area contributed by atoms with Crippen LogP contribution in [0.4, 0.5) is 4.39 Å². The summed E-state index contributed by atoms with van der Waals surface area (Å²) in [4.78, 5) is 3.62. The quantitative estimate of drug-likeness (QED) is 0.814. The van der Waals surface area contributed by atoms with Gasteiger partial charge in [0, 0.05) is 6.07 Å². The van der Waals surface area contributed by atoms with Gasteiger partial charge in [0.15, 0.2) is 11.0 Å². The molecule has 6 heteroatoms. The van der Waals surface area contributed by atoms with Crippen molar-refractivity contribution in [2.75, 3.05) is 26.4 Å². The van der Waals surface area contributed by atoms with Crippen molar-refractivity contribution in [1.29, 1.82) is 0 Å². The van der Waals surface area contributed by atoms with Crippen molar-refractivity contribution < 1.29 is 19.0 Å². The second kappa shape index (κ2) is 4.53. The van der Waals surface area contributed by atoms with Gasteiger partial charge in [0.2, 0.25) is 0 Å². The molecule has 1 aromatic rings. The minimum absolute atomic E-state index is 0.0174. The number of aliphatic hydroxyl groups excluding tert-OH is 1. The molecule has 0 atom stereocenters. The van der Waals surface area contributed by atoms with E-state index in [9.17, 15) is 4.39 Å². The molecule has 1 aromatic heterocycles. The van der Waals surface area contributed by atoms with Crippen LogP contribution in [0.15, 0.2) is 12.3 Å². The topological polar surface area (TPSA) is 51.6 Å². The molecule has 1 aliphatic rings. The summed E-state index contributed by atoms with van der Waals surface area (Å²) >= 11 is 5.43. The number of ether oxygens (including phenoxy) is 2. The number of hydrogen-bond donors (Lipinski definition) is 1. The van der Waals surface area contributed by atoms with Gasteiger partial charge in [-0.2, -0.15) is 0 Å². The average molecular weight is 248 g/mol. The average Bonchev–Trinajstić information content (AvgIpc) is 2.22. The van der Waals surface area contributed by atoms with E-state index < -0.39 is 5.82 Å². The fraction of sp³-hybridized carbons (Fsp3) is 0.500. The highest BCUT2D eigenvalue weighted by Gasteiger charge is 2.39. The monoisotopic (exact) mass is 247 g/mol. The lowest BCUT2D eigenvalue weighted by molar-refractivity contribution is -0.153. The fourth-order valence-corrected chi connectivity index (χ4v) is 1.43. The molecule has 0 aliphatic carbocycles. The summed E-state index contributed by atoms with van der Waals surface area (Å²) in [5.74, 6) is -0.330. The van der Waals surface area contributed by atoms with Crippen molar-refractivity contribution in [3.05, 3.63) is 23.2 Å². The maximum atomic E-state index is 13.0. The Morgan fingerprint density at radius 2 is 2.38 bits per heavy atom. The van der Waals surface area contributed by atoms with Gasteiger partial charge < -0.3 is 14.6 Å². The zero-order chi connectivity index (χ0) is 11.6. The zero-order valence-electron chi connectivity index (χ0n) is 8.45. The Labute approximate surface area is 97.0 Å². The molecule has 0 radical (unpaired) electrons. The van der Waals surface area contributed by atoms with E-state index in [1.54, 1.807) is 0 Å². The van der Waals surface area contributed by atoms with Crippen LogP contribution in [-0.4, -0.2) is 36.5 Å². The van der Waals surface area contributed by atoms with Crippen LogP contribution in [0.5, 0.6) is 5.75 Å². The Morgan fingerprint density at radius 1 is 1.62 bits per heavy atom. The van der Waals surface area contributed by atoms with Crippen LogP contribution >= 0.6 is 11.6 Å². The number of rotatable bonds is 4. The van der Waals surface area contributed by atoms with Crippen LogP contribution in [-0.2, 0) is 4.74 Å². The number of aliphatic hydroxyl groups is 1. The van der Waals surface area contributed by atoms with E-state index in [0.717, 1.165) is 0 Å². The third-order valence-corrected chi connectivity index (χ3v) is 2.75. The maximum Gasteiger partial charge on any atom is 0.164 e. The SMILES string of the molecule is OCC1(COc2cnc(Cl)c(F)c2)COC1. The molecule has 1 saturated heterocycles. The Kier molecular flexibility index (Phi) is 3.28. The van der Waals surface area contributed by atoms with E-state index in [-0.39, 0.29) is 23.8 Å². The van der Waals surface area contributed by atoms with Gasteiger partial charge in [0.05, 0.1) is 31.4 Å². The second-order valence-electron chi connectivity index (χ2n) is 3.88. The summed E-state index contributed by atoms with van der Waals surface area (Å²) in [6.45, 7) is 1.16. The van der Waals surface area contributed by atoms with Gasteiger partial charge in [0.25, 0.3) is 0 Å². The van der Waals surface area contributed by atoms with E-state index in [2.05, 4.69) is 4.98 Å². The van der Waals surface area contributed by atoms with Crippen molar-refractivity contribution in [3.63, 3.8) is 0 Å². The van der Waals surface area contributed by atoms with E-state index in [1.165, 1.54) is 12.3 Å². The van der Waals surface area contributed by atoms with Crippen LogP contribution < -0.4 is 4.74 Å². The molecule has 0 unspecified atom stereocenters. The number of halogens is 2. The van der Waals surface area contributed by atoms with Gasteiger partial charge >= 0.3 is 0 Å². The summed E-state index contributed by atoms with van der Waals surface area (Å²) in [5, 5.41) is 8.96. The molecule has 0 saturated carbocycles. The Hall–Kier alpha value is -0.910. The first-order valence-corrected chi connectivity index (χ1v) is 5.15. The molecule has 16 heavy (non-hydrogen) atoms. The molecule has 1 fully saturated rings. The molecular weight excluding hydrogens is 237 g/mol. The summed E-state index contributed by atoms with van der Waals surface area (Å²) < 4.78 is 23.4. The molecule has 1 aliphatic heterocycles. The highest BCUT2D eigenvalue weighted by Crippen LogP contribution is 2.28. The Balaban J connectivity index is 1.96. The highest BCUT2D eigenvalue weighted by atomic mass is 35.5. The molecule has 0 bridgehead atoms. The van der Waals surface area contributed by atoms with E-state index in [1.807, 2.05) is 0 Å². The molecule has 0 spiro atoms. The van der Waals surface area contributed by atoms with Crippen LogP contribution in [0.25, 0.3) is 0 Å². The number of aromatic nitrogens is 1. The lowest BCUT2D eigenvalue weighted by Crippen LogP contribution is -2.49. The molecular formula is C10H11ClFNO3. The van der Waals surface area contributed by atoms with Gasteiger partial charge in [-0.25, -0.2) is 9.37 Å². The van der Waals surface area contributed by atoms with Crippen LogP contribution in [0, 0.1) is 11.2 Å². The first-order valence-electron chi connectivity index (χ1n) is 4.78. The van der Waals surface area contributed by atoms with Crippen LogP contribution in [0.1, 0.15) is 0 Å². The van der Waals surface area contributed by atoms with Gasteiger partial charge in [0.1, 0.15) is 12.4 Å². The lowest BCUT2D eigenvalue weighted by Gasteiger charge is -2.39. The predicted molar refractivity (Wildman–Crippen MR) is 55.0 cm³/mol. The smallest absolute Gasteiger partial charge is 0.164 e. The normalized spacial score (nSPS) is 17.9. The van der Waals surface area contributed by atoms with E-state index in [0.29, 0.717) is 19.0 Å². The molecule has 88 valence electrons. The Morgan fingerprint density at radius 3 is 2.88 bits per heavy atom. The van der Waals surface area contributed by atoms with Crippen molar-refractivity contribution >= 4 is 11.6 Å². The third-order valence-electron chi connectivity index (χ3n) is 2.47. The zero-order valence-corrected chi connectivity index (χ0v) is 9.21. The van der Waals surface area contributed by atoms with Crippen LogP contribution in [0.2, 0.25) is 5.15 Å². The van der Waals surface area contributed by atoms with Crippen molar-refractivity contribution in [2.45, 2.75) is 0 Å². The number of hydrogen-bond acceptors (Lipinski definition) is 4. The molecule has 2 rings (SSSR count). The Bertz CT molecular complexity index is 379. The molecule has 4 nitrogen and oxygen atoms in total. The highest BCUT2D eigenvalue weighted by molar-refractivity contribution is 6.29. The van der Waals surface area contributed by atoms with Gasteiger partial charge in [-0.3, -0.25) is 0 Å². The van der Waals surface area contributed by atoms with E-state index >= 15 is 0 Å². The first-order chi connectivity index (χ1) is 7.65. The molecule has 2 heterocycles. The number of nitrogens with zero attached hydrogens (tertiary/aromatic N) is 1. The first kappa shape index (κ1) is 11.6. The van der Waals surface area contributed by atoms with E-state index in [4.69, 9.17) is 26.2 Å². The van der Waals surface area contributed by atoms with Crippen molar-refractivity contribution in [2.24, 2.45) is 5.41 Å². The third kappa shape index (κ3) is 2.26. The van der Waals surface area contributed by atoms with Gasteiger partial charge in [-0.05, 0) is 0 Å². The van der Waals surface area contributed by atoms with Gasteiger partial charge in [-0.1, -0.05) is 11.6 Å². The summed E-state index contributed by atoms with van der Waals surface area (Å²) in [7, 11) is 0. The molecule has 0 aromatic carbocycles. The summed E-state index contributed by atoms with van der Waals surface area (Å²) in [6.07, 6.45) is 1.34. The fourth-order valence-electron chi connectivity index (χ4n) is 1.33. The second-order valence-corrected chi connectivity index (χ2v) is 4.24. The molecule has 0 amide bonds. The van der Waals surface area contributed by atoms with Gasteiger partial charge in [-0.15, -0.1) is 0 Å². The standard InChI is InChI=1S/C10H11ClFNO3/c11-9-8(12)1-7(2-13-9)16-6-10(3-14)4-15-5-10/h1-2,14H,3-6H2. The summed E-state index contributed by atoms with van der Waals surface area (Å²) in [5.41, 5.74) is -0.365. The molecule has 1 N–H and O–H groups in total. The number of pyridine rings is 1. The summed E-state index contributed by atoms with van der Waals surface area (Å²) in [6, 6.07) is 1.17. The van der Waals surface area contributed by atoms with Crippen molar-refractivity contribution in [3.8, 4) is 5.75 Å². The largest absolute Gasteiger partial charge is 0.491 e. The minimum atomic E-state index is -0.623. The van der Waals surface area contributed by atoms with Crippen LogP contribution in [0.3, 0.4) is 0 Å². The minimum Gasteiger partial charge on any atom is -0.491 e. The maximum absolute atomic E-state index is 13.0. The van der Waals surface area contributed by atoms with Crippen molar-refractivity contribution in [1.82, 2.24) is 4.98 Å². The lowest BCUT2D eigenvalue weighted by atomic mass is 9.88.